The van der Waals surface area contributed by atoms with Crippen molar-refractivity contribution in [3.8, 4) is 5.88 Å². The first-order chi connectivity index (χ1) is 16.7. The van der Waals surface area contributed by atoms with E-state index in [0.29, 0.717) is 36.0 Å². The Morgan fingerprint density at radius 2 is 1.97 bits per heavy atom. The summed E-state index contributed by atoms with van der Waals surface area (Å²) in [5.41, 5.74) is 0.303. The number of aryl methyl sites for hydroxylation is 3. The van der Waals surface area contributed by atoms with E-state index < -0.39 is 23.2 Å². The minimum Gasteiger partial charge on any atom is -0.473 e. The van der Waals surface area contributed by atoms with Crippen LogP contribution in [0.25, 0.3) is 0 Å². The second-order valence-corrected chi connectivity index (χ2v) is 8.25. The molecule has 0 bridgehead atoms. The molecule has 0 unspecified atom stereocenters. The van der Waals surface area contributed by atoms with E-state index in [1.54, 1.807) is 31.5 Å². The van der Waals surface area contributed by atoms with Gasteiger partial charge in [0.2, 0.25) is 5.88 Å². The molecule has 0 aliphatic heterocycles. The number of halogens is 3. The van der Waals surface area contributed by atoms with Gasteiger partial charge < -0.3 is 14.8 Å². The summed E-state index contributed by atoms with van der Waals surface area (Å²) in [6, 6.07) is 3.17. The SMILES string of the molecule is CCOC(=O)CNc1nc(C)ncc1CCn1c(C)nc(=O)c(Br)c1OCc1ccc(F)cc1F. The Kier molecular flexibility index (Phi) is 8.85. The summed E-state index contributed by atoms with van der Waals surface area (Å²) in [5.74, 6) is -0.335. The van der Waals surface area contributed by atoms with Gasteiger partial charge >= 0.3 is 5.97 Å². The molecule has 3 rings (SSSR count). The van der Waals surface area contributed by atoms with Gasteiger partial charge in [0.05, 0.1) is 6.61 Å². The molecule has 0 spiro atoms. The van der Waals surface area contributed by atoms with Crippen LogP contribution < -0.4 is 15.6 Å². The molecule has 0 radical (unpaired) electrons. The summed E-state index contributed by atoms with van der Waals surface area (Å²) in [6.07, 6.45) is 2.04. The van der Waals surface area contributed by atoms with E-state index in [-0.39, 0.29) is 35.7 Å². The Bertz CT molecular complexity index is 1290. The lowest BCUT2D eigenvalue weighted by molar-refractivity contribution is -0.140. The smallest absolute Gasteiger partial charge is 0.325 e. The molecule has 0 atom stereocenters. The second kappa shape index (κ2) is 11.8. The molecule has 35 heavy (non-hydrogen) atoms. The summed E-state index contributed by atoms with van der Waals surface area (Å²) in [7, 11) is 0. The lowest BCUT2D eigenvalue weighted by Gasteiger charge is -2.19. The molecule has 9 nitrogen and oxygen atoms in total. The first-order valence-electron chi connectivity index (χ1n) is 10.7. The van der Waals surface area contributed by atoms with Gasteiger partial charge in [0, 0.05) is 29.9 Å². The zero-order valence-corrected chi connectivity index (χ0v) is 21.0. The Balaban J connectivity index is 1.83. The number of ether oxygens (including phenoxy) is 2. The third-order valence-corrected chi connectivity index (χ3v) is 5.63. The van der Waals surface area contributed by atoms with E-state index in [2.05, 4.69) is 36.2 Å². The number of carbonyl (C=O) groups excluding carboxylic acids is 1. The van der Waals surface area contributed by atoms with Crippen molar-refractivity contribution < 1.29 is 23.0 Å². The summed E-state index contributed by atoms with van der Waals surface area (Å²) in [5, 5.41) is 2.97. The molecule has 1 aromatic carbocycles. The molecule has 0 saturated heterocycles. The van der Waals surface area contributed by atoms with Crippen molar-refractivity contribution in [3.63, 3.8) is 0 Å². The van der Waals surface area contributed by atoms with Crippen LogP contribution in [0.15, 0.2) is 33.7 Å². The number of aromatic nitrogens is 4. The van der Waals surface area contributed by atoms with Crippen LogP contribution in [0.3, 0.4) is 0 Å². The van der Waals surface area contributed by atoms with Gasteiger partial charge in [-0.25, -0.2) is 18.7 Å². The Hall–Kier alpha value is -3.41. The van der Waals surface area contributed by atoms with Crippen LogP contribution in [0.4, 0.5) is 14.6 Å². The van der Waals surface area contributed by atoms with Crippen LogP contribution in [0.1, 0.15) is 29.7 Å². The first-order valence-corrected chi connectivity index (χ1v) is 11.5. The highest BCUT2D eigenvalue weighted by molar-refractivity contribution is 9.10. The van der Waals surface area contributed by atoms with E-state index >= 15 is 0 Å². The van der Waals surface area contributed by atoms with Crippen molar-refractivity contribution in [3.05, 3.63) is 73.6 Å². The molecular formula is C23H24BrF2N5O4. The number of anilines is 1. The fourth-order valence-electron chi connectivity index (χ4n) is 3.23. The minimum absolute atomic E-state index is 0.0565. The van der Waals surface area contributed by atoms with Gasteiger partial charge in [0.25, 0.3) is 5.56 Å². The number of nitrogens with zero attached hydrogens (tertiary/aromatic N) is 4. The summed E-state index contributed by atoms with van der Waals surface area (Å²) < 4.78 is 39.7. The Morgan fingerprint density at radius 3 is 2.69 bits per heavy atom. The third kappa shape index (κ3) is 6.81. The van der Waals surface area contributed by atoms with Gasteiger partial charge in [0.1, 0.15) is 46.7 Å². The van der Waals surface area contributed by atoms with Crippen LogP contribution >= 0.6 is 15.9 Å². The number of hydrogen-bond acceptors (Lipinski definition) is 8. The Morgan fingerprint density at radius 1 is 1.20 bits per heavy atom. The molecule has 0 saturated carbocycles. The third-order valence-electron chi connectivity index (χ3n) is 4.95. The number of carbonyl (C=O) groups is 1. The maximum absolute atomic E-state index is 14.1. The quantitative estimate of drug-likeness (QED) is 0.381. The number of esters is 1. The topological polar surface area (TPSA) is 108 Å². The lowest BCUT2D eigenvalue weighted by atomic mass is 10.2. The fourth-order valence-corrected chi connectivity index (χ4v) is 3.65. The average Bonchev–Trinajstić information content (AvgIpc) is 2.80. The van der Waals surface area contributed by atoms with E-state index in [4.69, 9.17) is 9.47 Å². The highest BCUT2D eigenvalue weighted by Gasteiger charge is 2.17. The molecule has 0 amide bonds. The standard InChI is InChI=1S/C23H24BrF2N5O4/c1-4-34-19(32)11-28-21-15(10-27-13(2)29-21)7-8-31-14(3)30-22(33)20(24)23(31)35-12-16-5-6-17(25)9-18(16)26/h5-6,9-10H,4,7-8,11-12H2,1-3H3,(H,27,28,29). The first kappa shape index (κ1) is 26.2. The fraction of sp³-hybridized carbons (Fsp3) is 0.348. The minimum atomic E-state index is -0.755. The summed E-state index contributed by atoms with van der Waals surface area (Å²) in [6.45, 7) is 5.39. The van der Waals surface area contributed by atoms with Crippen LogP contribution in [0, 0.1) is 25.5 Å². The zero-order chi connectivity index (χ0) is 25.5. The molecule has 0 aliphatic carbocycles. The largest absolute Gasteiger partial charge is 0.473 e. The highest BCUT2D eigenvalue weighted by Crippen LogP contribution is 2.25. The molecule has 0 aliphatic rings. The predicted molar refractivity (Wildman–Crippen MR) is 127 cm³/mol. The molecular weight excluding hydrogens is 528 g/mol. The van der Waals surface area contributed by atoms with Crippen molar-refractivity contribution in [1.29, 1.82) is 0 Å². The molecule has 0 fully saturated rings. The highest BCUT2D eigenvalue weighted by atomic mass is 79.9. The number of benzene rings is 1. The lowest BCUT2D eigenvalue weighted by Crippen LogP contribution is -2.22. The van der Waals surface area contributed by atoms with Gasteiger partial charge in [-0.2, -0.15) is 4.98 Å². The van der Waals surface area contributed by atoms with Crippen LogP contribution in [0.2, 0.25) is 0 Å². The van der Waals surface area contributed by atoms with E-state index in [1.165, 1.54) is 6.07 Å². The Labute approximate surface area is 208 Å². The van der Waals surface area contributed by atoms with Gasteiger partial charge in [-0.3, -0.25) is 14.2 Å². The molecule has 186 valence electrons. The molecule has 2 heterocycles. The second-order valence-electron chi connectivity index (χ2n) is 7.46. The normalized spacial score (nSPS) is 10.8. The van der Waals surface area contributed by atoms with Crippen LogP contribution in [-0.2, 0) is 29.1 Å². The number of rotatable bonds is 10. The van der Waals surface area contributed by atoms with Gasteiger partial charge in [-0.05, 0) is 55.3 Å². The van der Waals surface area contributed by atoms with E-state index in [1.807, 2.05) is 0 Å². The van der Waals surface area contributed by atoms with Gasteiger partial charge in [0.15, 0.2) is 0 Å². The van der Waals surface area contributed by atoms with Crippen molar-refractivity contribution in [2.24, 2.45) is 0 Å². The molecule has 3 aromatic rings. The van der Waals surface area contributed by atoms with Crippen LogP contribution in [0.5, 0.6) is 5.88 Å². The summed E-state index contributed by atoms with van der Waals surface area (Å²) in [4.78, 5) is 36.6. The monoisotopic (exact) mass is 551 g/mol. The van der Waals surface area contributed by atoms with Crippen molar-refractivity contribution in [1.82, 2.24) is 19.5 Å². The van der Waals surface area contributed by atoms with Crippen molar-refractivity contribution in [2.75, 3.05) is 18.5 Å². The van der Waals surface area contributed by atoms with Gasteiger partial charge in [-0.15, -0.1) is 0 Å². The summed E-state index contributed by atoms with van der Waals surface area (Å²) >= 11 is 3.21. The van der Waals surface area contributed by atoms with Crippen LogP contribution in [-0.4, -0.2) is 38.6 Å². The van der Waals surface area contributed by atoms with Crippen molar-refractivity contribution in [2.45, 2.75) is 40.3 Å². The van der Waals surface area contributed by atoms with E-state index in [0.717, 1.165) is 12.1 Å². The predicted octanol–water partition coefficient (Wildman–Crippen LogP) is 3.49. The average molecular weight is 552 g/mol. The van der Waals surface area contributed by atoms with E-state index in [9.17, 15) is 18.4 Å². The van der Waals surface area contributed by atoms with Crippen molar-refractivity contribution >= 4 is 27.7 Å². The molecule has 2 aromatic heterocycles. The maximum atomic E-state index is 14.1. The maximum Gasteiger partial charge on any atom is 0.325 e. The van der Waals surface area contributed by atoms with Gasteiger partial charge in [-0.1, -0.05) is 0 Å². The number of nitrogens with one attached hydrogen (secondary N) is 1. The zero-order valence-electron chi connectivity index (χ0n) is 19.4. The molecule has 12 heteroatoms. The molecule has 1 N–H and O–H groups in total. The number of hydrogen-bond donors (Lipinski definition) is 1.